The van der Waals surface area contributed by atoms with Gasteiger partial charge in [-0.15, -0.1) is 0 Å². The smallest absolute Gasteiger partial charge is 0.273 e. The minimum atomic E-state index is -0.512. The first kappa shape index (κ1) is 21.0. The van der Waals surface area contributed by atoms with Crippen molar-refractivity contribution < 1.29 is 15.0 Å². The van der Waals surface area contributed by atoms with Gasteiger partial charge in [0.05, 0.1) is 16.1 Å². The number of aromatic nitrogens is 2. The van der Waals surface area contributed by atoms with Crippen molar-refractivity contribution in [2.24, 2.45) is 0 Å². The molecule has 1 atom stereocenters. The molecule has 0 fully saturated rings. The number of phenols is 1. The summed E-state index contributed by atoms with van der Waals surface area (Å²) in [5.41, 5.74) is 3.27. The number of aryl methyl sites for hydroxylation is 1. The van der Waals surface area contributed by atoms with Crippen molar-refractivity contribution in [3.05, 3.63) is 67.8 Å². The van der Waals surface area contributed by atoms with Crippen LogP contribution in [0.1, 0.15) is 39.6 Å². The van der Waals surface area contributed by atoms with Gasteiger partial charge in [0.25, 0.3) is 5.91 Å². The standard InChI is InChI=1S/C21H18Cl3N3O3/c1-10-7-16(29)12(9-14(10)23)18-17-19(26-25-18)21(30)27(5-2-6-28)20(17)11-3-4-13(22)15(24)8-11/h3-4,7-9,20,28-29H,2,5-6H2,1H3,(H,25,26). The molecule has 2 heterocycles. The van der Waals surface area contributed by atoms with Crippen LogP contribution < -0.4 is 0 Å². The maximum Gasteiger partial charge on any atom is 0.273 e. The average molecular weight is 467 g/mol. The van der Waals surface area contributed by atoms with Gasteiger partial charge in [-0.2, -0.15) is 5.10 Å². The predicted octanol–water partition coefficient (Wildman–Crippen LogP) is 4.98. The van der Waals surface area contributed by atoms with Crippen LogP contribution in [0.5, 0.6) is 5.75 Å². The van der Waals surface area contributed by atoms with Gasteiger partial charge < -0.3 is 15.1 Å². The molecule has 9 heteroatoms. The fraction of sp³-hybridized carbons (Fsp3) is 0.238. The number of halogens is 3. The van der Waals surface area contributed by atoms with Crippen LogP contribution in [-0.2, 0) is 0 Å². The molecule has 1 aliphatic heterocycles. The maximum atomic E-state index is 13.1. The monoisotopic (exact) mass is 465 g/mol. The number of hydrogen-bond donors (Lipinski definition) is 3. The highest BCUT2D eigenvalue weighted by Crippen LogP contribution is 2.46. The van der Waals surface area contributed by atoms with Crippen LogP contribution >= 0.6 is 34.8 Å². The summed E-state index contributed by atoms with van der Waals surface area (Å²) in [6, 6.07) is 7.87. The number of fused-ring (bicyclic) bond motifs is 1. The van der Waals surface area contributed by atoms with Crippen LogP contribution in [0.15, 0.2) is 30.3 Å². The summed E-state index contributed by atoms with van der Waals surface area (Å²) in [5, 5.41) is 28.2. The Labute approximate surface area is 188 Å². The highest BCUT2D eigenvalue weighted by molar-refractivity contribution is 6.42. The molecule has 1 amide bonds. The number of nitrogens with zero attached hydrogens (tertiary/aromatic N) is 2. The first-order valence-electron chi connectivity index (χ1n) is 9.28. The van der Waals surface area contributed by atoms with E-state index >= 15 is 0 Å². The molecule has 1 unspecified atom stereocenters. The number of aromatic amines is 1. The molecule has 1 aliphatic rings. The molecule has 0 spiro atoms. The van der Waals surface area contributed by atoms with Gasteiger partial charge in [-0.05, 0) is 48.7 Å². The van der Waals surface area contributed by atoms with Gasteiger partial charge in [-0.25, -0.2) is 0 Å². The van der Waals surface area contributed by atoms with Gasteiger partial charge in [0.15, 0.2) is 0 Å². The second-order valence-corrected chi connectivity index (χ2v) is 8.35. The molecule has 156 valence electrons. The second-order valence-electron chi connectivity index (χ2n) is 7.13. The second kappa shape index (κ2) is 8.12. The van der Waals surface area contributed by atoms with Crippen molar-refractivity contribution in [1.29, 1.82) is 0 Å². The zero-order valence-corrected chi connectivity index (χ0v) is 18.2. The number of nitrogens with one attached hydrogen (secondary N) is 1. The Balaban J connectivity index is 1.91. The number of carbonyl (C=O) groups excluding carboxylic acids is 1. The van der Waals surface area contributed by atoms with E-state index in [1.54, 1.807) is 42.2 Å². The maximum absolute atomic E-state index is 13.1. The fourth-order valence-corrected chi connectivity index (χ4v) is 4.23. The van der Waals surface area contributed by atoms with Crippen molar-refractivity contribution in [2.45, 2.75) is 19.4 Å². The van der Waals surface area contributed by atoms with E-state index in [-0.39, 0.29) is 18.3 Å². The summed E-state index contributed by atoms with van der Waals surface area (Å²) in [4.78, 5) is 14.8. The molecule has 1 aromatic heterocycles. The number of H-pyrrole nitrogens is 1. The van der Waals surface area contributed by atoms with Gasteiger partial charge in [0, 0.05) is 29.3 Å². The van der Waals surface area contributed by atoms with Crippen molar-refractivity contribution in [3.8, 4) is 17.0 Å². The van der Waals surface area contributed by atoms with E-state index in [9.17, 15) is 15.0 Å². The highest BCUT2D eigenvalue weighted by Gasteiger charge is 2.42. The molecule has 3 aromatic rings. The number of benzene rings is 2. The van der Waals surface area contributed by atoms with Crippen LogP contribution in [0.2, 0.25) is 15.1 Å². The van der Waals surface area contributed by atoms with E-state index in [1.807, 2.05) is 0 Å². The summed E-state index contributed by atoms with van der Waals surface area (Å²) < 4.78 is 0. The third-order valence-electron chi connectivity index (χ3n) is 5.21. The highest BCUT2D eigenvalue weighted by atomic mass is 35.5. The topological polar surface area (TPSA) is 89.5 Å². The fourth-order valence-electron chi connectivity index (χ4n) is 3.76. The van der Waals surface area contributed by atoms with E-state index in [4.69, 9.17) is 34.8 Å². The zero-order valence-electron chi connectivity index (χ0n) is 15.9. The number of hydrogen-bond acceptors (Lipinski definition) is 4. The van der Waals surface area contributed by atoms with Crippen molar-refractivity contribution in [2.75, 3.05) is 13.2 Å². The molecular weight excluding hydrogens is 449 g/mol. The lowest BCUT2D eigenvalue weighted by molar-refractivity contribution is 0.0732. The summed E-state index contributed by atoms with van der Waals surface area (Å²) in [5.74, 6) is -0.230. The number of phenolic OH excluding ortho intramolecular Hbond substituents is 1. The van der Waals surface area contributed by atoms with Crippen molar-refractivity contribution >= 4 is 40.7 Å². The largest absolute Gasteiger partial charge is 0.507 e. The molecule has 30 heavy (non-hydrogen) atoms. The number of amides is 1. The first-order chi connectivity index (χ1) is 14.3. The van der Waals surface area contributed by atoms with E-state index < -0.39 is 6.04 Å². The number of aliphatic hydroxyl groups is 1. The molecule has 0 radical (unpaired) electrons. The Morgan fingerprint density at radius 2 is 1.90 bits per heavy atom. The van der Waals surface area contributed by atoms with E-state index in [0.717, 1.165) is 11.1 Å². The molecule has 0 saturated heterocycles. The molecule has 3 N–H and O–H groups in total. The Bertz CT molecular complexity index is 1150. The van der Waals surface area contributed by atoms with Crippen LogP contribution in [-0.4, -0.2) is 44.4 Å². The lowest BCUT2D eigenvalue weighted by atomic mass is 9.95. The predicted molar refractivity (Wildman–Crippen MR) is 116 cm³/mol. The average Bonchev–Trinajstić information content (AvgIpc) is 3.24. The molecule has 0 saturated carbocycles. The minimum Gasteiger partial charge on any atom is -0.507 e. The Morgan fingerprint density at radius 1 is 1.13 bits per heavy atom. The third kappa shape index (κ3) is 3.44. The van der Waals surface area contributed by atoms with E-state index in [0.29, 0.717) is 50.5 Å². The molecular formula is C21H18Cl3N3O3. The van der Waals surface area contributed by atoms with Crippen LogP contribution in [0.3, 0.4) is 0 Å². The lowest BCUT2D eigenvalue weighted by Gasteiger charge is -2.26. The Kier molecular flexibility index (Phi) is 5.68. The van der Waals surface area contributed by atoms with E-state index in [1.165, 1.54) is 0 Å². The van der Waals surface area contributed by atoms with E-state index in [2.05, 4.69) is 10.2 Å². The van der Waals surface area contributed by atoms with Gasteiger partial charge in [-0.1, -0.05) is 40.9 Å². The number of carbonyl (C=O) groups is 1. The van der Waals surface area contributed by atoms with Crippen molar-refractivity contribution in [1.82, 2.24) is 15.1 Å². The number of aliphatic hydroxyl groups excluding tert-OH is 1. The number of aromatic hydroxyl groups is 1. The van der Waals surface area contributed by atoms with Crippen LogP contribution in [0.25, 0.3) is 11.3 Å². The van der Waals surface area contributed by atoms with Crippen LogP contribution in [0, 0.1) is 6.92 Å². The summed E-state index contributed by atoms with van der Waals surface area (Å²) in [6.45, 7) is 2.08. The molecule has 0 bridgehead atoms. The zero-order chi connectivity index (χ0) is 21.6. The SMILES string of the molecule is Cc1cc(O)c(-c2n[nH]c3c2C(c2ccc(Cl)c(Cl)c2)N(CCCO)C3=O)cc1Cl. The quantitative estimate of drug-likeness (QED) is 0.495. The molecule has 6 nitrogen and oxygen atoms in total. The summed E-state index contributed by atoms with van der Waals surface area (Å²) >= 11 is 18.6. The number of rotatable bonds is 5. The third-order valence-corrected chi connectivity index (χ3v) is 6.36. The lowest BCUT2D eigenvalue weighted by Crippen LogP contribution is -2.31. The Hall–Kier alpha value is -2.25. The molecule has 2 aromatic carbocycles. The molecule has 0 aliphatic carbocycles. The normalized spacial score (nSPS) is 15.7. The van der Waals surface area contributed by atoms with Gasteiger partial charge in [-0.3, -0.25) is 9.89 Å². The van der Waals surface area contributed by atoms with Gasteiger partial charge >= 0.3 is 0 Å². The summed E-state index contributed by atoms with van der Waals surface area (Å²) in [7, 11) is 0. The minimum absolute atomic E-state index is 0.0142. The first-order valence-corrected chi connectivity index (χ1v) is 10.4. The Morgan fingerprint density at radius 3 is 2.60 bits per heavy atom. The summed E-state index contributed by atoms with van der Waals surface area (Å²) in [6.07, 6.45) is 0.415. The van der Waals surface area contributed by atoms with Crippen LogP contribution in [0.4, 0.5) is 0 Å². The van der Waals surface area contributed by atoms with Gasteiger partial charge in [0.1, 0.15) is 17.1 Å². The van der Waals surface area contributed by atoms with Gasteiger partial charge in [0.2, 0.25) is 0 Å². The molecule has 4 rings (SSSR count). The van der Waals surface area contributed by atoms with Crippen molar-refractivity contribution in [3.63, 3.8) is 0 Å².